The van der Waals surface area contributed by atoms with E-state index in [0.29, 0.717) is 50.4 Å². The highest BCUT2D eigenvalue weighted by Gasteiger charge is 2.21. The van der Waals surface area contributed by atoms with Gasteiger partial charge in [-0.2, -0.15) is 0 Å². The Kier molecular flexibility index (Phi) is 13.4. The number of carbonyl (C=O) groups excluding carboxylic acids is 2. The molecule has 2 aromatic carbocycles. The molecule has 0 saturated heterocycles. The van der Waals surface area contributed by atoms with Gasteiger partial charge in [0.25, 0.3) is 0 Å². The molecule has 2 N–H and O–H groups in total. The summed E-state index contributed by atoms with van der Waals surface area (Å²) in [6, 6.07) is 7.88. The molecule has 0 unspecified atom stereocenters. The molecule has 2 rings (SSSR count). The van der Waals surface area contributed by atoms with Crippen LogP contribution in [-0.4, -0.2) is 35.4 Å². The van der Waals surface area contributed by atoms with E-state index in [4.69, 9.17) is 9.47 Å². The second kappa shape index (κ2) is 16.0. The lowest BCUT2D eigenvalue weighted by Crippen LogP contribution is -2.13. The van der Waals surface area contributed by atoms with Crippen molar-refractivity contribution < 1.29 is 29.3 Å². The van der Waals surface area contributed by atoms with E-state index in [2.05, 4.69) is 41.5 Å². The molecule has 2 aromatic rings. The van der Waals surface area contributed by atoms with Crippen LogP contribution in [0.1, 0.15) is 126 Å². The number of carbonyl (C=O) groups is 2. The van der Waals surface area contributed by atoms with Crippen LogP contribution in [0.15, 0.2) is 24.3 Å². The van der Waals surface area contributed by atoms with Crippen LogP contribution >= 0.6 is 0 Å². The monoisotopic (exact) mass is 582 g/mol. The number of esters is 2. The van der Waals surface area contributed by atoms with E-state index in [-0.39, 0.29) is 22.8 Å². The highest BCUT2D eigenvalue weighted by Crippen LogP contribution is 2.35. The van der Waals surface area contributed by atoms with Crippen LogP contribution in [0.4, 0.5) is 0 Å². The maximum atomic E-state index is 12.2. The van der Waals surface area contributed by atoms with Gasteiger partial charge in [0.2, 0.25) is 0 Å². The topological polar surface area (TPSA) is 93.1 Å². The number of aromatic hydroxyl groups is 2. The van der Waals surface area contributed by atoms with E-state index < -0.39 is 0 Å². The van der Waals surface area contributed by atoms with Gasteiger partial charge in [-0.25, -0.2) is 0 Å². The molecule has 0 atom stereocenters. The van der Waals surface area contributed by atoms with Crippen molar-refractivity contribution in [2.75, 3.05) is 13.2 Å². The second-order valence-electron chi connectivity index (χ2n) is 13.7. The molecule has 234 valence electrons. The van der Waals surface area contributed by atoms with E-state index in [1.807, 2.05) is 38.1 Å². The van der Waals surface area contributed by atoms with Crippen LogP contribution in [0.2, 0.25) is 0 Å². The van der Waals surface area contributed by atoms with Gasteiger partial charge in [-0.05, 0) is 83.7 Å². The third-order valence-electron chi connectivity index (χ3n) is 7.64. The van der Waals surface area contributed by atoms with E-state index >= 15 is 0 Å². The van der Waals surface area contributed by atoms with Crippen molar-refractivity contribution in [3.8, 4) is 11.5 Å². The summed E-state index contributed by atoms with van der Waals surface area (Å²) in [4.78, 5) is 24.4. The highest BCUT2D eigenvalue weighted by molar-refractivity contribution is 5.70. The number of rotatable bonds is 15. The maximum Gasteiger partial charge on any atom is 0.306 e. The first kappa shape index (κ1) is 35.2. The van der Waals surface area contributed by atoms with Crippen LogP contribution in [-0.2, 0) is 42.7 Å². The zero-order valence-electron chi connectivity index (χ0n) is 27.3. The summed E-state index contributed by atoms with van der Waals surface area (Å²) in [5, 5.41) is 20.8. The van der Waals surface area contributed by atoms with Crippen molar-refractivity contribution in [2.45, 2.75) is 130 Å². The van der Waals surface area contributed by atoms with Gasteiger partial charge in [-0.1, -0.05) is 91.5 Å². The summed E-state index contributed by atoms with van der Waals surface area (Å²) in [5.74, 6) is 0.299. The van der Waals surface area contributed by atoms with E-state index in [1.54, 1.807) is 0 Å². The zero-order chi connectivity index (χ0) is 31.5. The largest absolute Gasteiger partial charge is 0.507 e. The summed E-state index contributed by atoms with van der Waals surface area (Å²) in [6.07, 6.45) is 7.68. The molecule has 0 bridgehead atoms. The number of aryl methyl sites for hydroxylation is 4. The Hall–Kier alpha value is -3.02. The average Bonchev–Trinajstić information content (AvgIpc) is 2.89. The van der Waals surface area contributed by atoms with E-state index in [9.17, 15) is 19.8 Å². The molecule has 0 amide bonds. The van der Waals surface area contributed by atoms with Gasteiger partial charge in [0.1, 0.15) is 11.5 Å². The van der Waals surface area contributed by atoms with Gasteiger partial charge in [0.05, 0.1) is 13.2 Å². The first-order chi connectivity index (χ1) is 19.6. The van der Waals surface area contributed by atoms with Crippen LogP contribution in [0.25, 0.3) is 0 Å². The summed E-state index contributed by atoms with van der Waals surface area (Å²) in [7, 11) is 0. The molecular weight excluding hydrogens is 528 g/mol. The minimum absolute atomic E-state index is 0.165. The van der Waals surface area contributed by atoms with Gasteiger partial charge < -0.3 is 19.7 Å². The Morgan fingerprint density at radius 2 is 0.929 bits per heavy atom. The minimum atomic E-state index is -0.185. The Labute approximate surface area is 253 Å². The molecule has 0 radical (unpaired) electrons. The van der Waals surface area contributed by atoms with E-state index in [1.165, 1.54) is 0 Å². The maximum absolute atomic E-state index is 12.2. The number of hydrogen-bond acceptors (Lipinski definition) is 6. The number of phenolic OH excluding ortho intramolecular Hbond substituents is 2. The van der Waals surface area contributed by atoms with Gasteiger partial charge in [0, 0.05) is 12.8 Å². The molecule has 42 heavy (non-hydrogen) atoms. The molecule has 6 nitrogen and oxygen atoms in total. The fraction of sp³-hybridized carbons (Fsp3) is 0.611. The number of hydrogen-bond donors (Lipinski definition) is 2. The van der Waals surface area contributed by atoms with Crippen LogP contribution in [0.5, 0.6) is 11.5 Å². The normalized spacial score (nSPS) is 11.9. The molecule has 0 aliphatic heterocycles. The Balaban J connectivity index is 1.53. The van der Waals surface area contributed by atoms with Gasteiger partial charge >= 0.3 is 11.9 Å². The third-order valence-corrected chi connectivity index (χ3v) is 7.64. The first-order valence-corrected chi connectivity index (χ1v) is 15.6. The summed E-state index contributed by atoms with van der Waals surface area (Å²) in [5.41, 5.74) is 5.22. The van der Waals surface area contributed by atoms with Crippen LogP contribution in [0.3, 0.4) is 0 Å². The highest BCUT2D eigenvalue weighted by atomic mass is 16.5. The Morgan fingerprint density at radius 1 is 0.595 bits per heavy atom. The van der Waals surface area contributed by atoms with Crippen molar-refractivity contribution in [2.24, 2.45) is 0 Å². The van der Waals surface area contributed by atoms with Gasteiger partial charge in [-0.3, -0.25) is 9.59 Å². The Bertz CT molecular complexity index is 1090. The average molecular weight is 583 g/mol. The Morgan fingerprint density at radius 3 is 1.26 bits per heavy atom. The molecular formula is C36H54O6. The number of ether oxygens (including phenoxy) is 2. The van der Waals surface area contributed by atoms with Gasteiger partial charge in [-0.15, -0.1) is 0 Å². The number of benzene rings is 2. The molecule has 0 spiro atoms. The molecule has 0 aromatic heterocycles. The zero-order valence-corrected chi connectivity index (χ0v) is 27.3. The summed E-state index contributed by atoms with van der Waals surface area (Å²) >= 11 is 0. The standard InChI is InChI=1S/C36H54O6/c1-25-21-27(23-29(33(25)39)35(3,4)5)15-17-31(37)41-19-13-11-9-10-12-14-20-42-32(38)18-16-28-22-26(2)34(40)30(24-28)36(6,7)8/h21-24,39-40H,9-20H2,1-8H3. The van der Waals surface area contributed by atoms with Crippen molar-refractivity contribution in [3.63, 3.8) is 0 Å². The fourth-order valence-electron chi connectivity index (χ4n) is 5.06. The van der Waals surface area contributed by atoms with Crippen LogP contribution < -0.4 is 0 Å². The molecule has 0 aliphatic rings. The second-order valence-corrected chi connectivity index (χ2v) is 13.7. The first-order valence-electron chi connectivity index (χ1n) is 15.6. The molecule has 0 aliphatic carbocycles. The van der Waals surface area contributed by atoms with Crippen molar-refractivity contribution in [1.82, 2.24) is 0 Å². The smallest absolute Gasteiger partial charge is 0.306 e. The summed E-state index contributed by atoms with van der Waals surface area (Å²) < 4.78 is 10.8. The van der Waals surface area contributed by atoms with Gasteiger partial charge in [0.15, 0.2) is 0 Å². The van der Waals surface area contributed by atoms with Crippen molar-refractivity contribution in [1.29, 1.82) is 0 Å². The predicted octanol–water partition coefficient (Wildman–Crippen LogP) is 8.30. The number of unbranched alkanes of at least 4 members (excludes halogenated alkanes) is 5. The summed E-state index contributed by atoms with van der Waals surface area (Å²) in [6.45, 7) is 17.1. The number of phenols is 2. The van der Waals surface area contributed by atoms with Crippen molar-refractivity contribution in [3.05, 3.63) is 57.6 Å². The van der Waals surface area contributed by atoms with Crippen LogP contribution in [0, 0.1) is 13.8 Å². The molecule has 0 heterocycles. The van der Waals surface area contributed by atoms with Crippen molar-refractivity contribution >= 4 is 11.9 Å². The lowest BCUT2D eigenvalue weighted by Gasteiger charge is -2.22. The lowest BCUT2D eigenvalue weighted by molar-refractivity contribution is -0.144. The molecule has 0 fully saturated rings. The predicted molar refractivity (Wildman–Crippen MR) is 169 cm³/mol. The SMILES string of the molecule is Cc1cc(CCC(=O)OCCCCCCCCOC(=O)CCc2cc(C)c(O)c(C(C)(C)C)c2)cc(C(C)(C)C)c1O. The molecule has 0 saturated carbocycles. The quantitative estimate of drug-likeness (QED) is 0.162. The lowest BCUT2D eigenvalue weighted by atomic mass is 9.83. The third kappa shape index (κ3) is 11.7. The molecule has 6 heteroatoms. The van der Waals surface area contributed by atoms with E-state index in [0.717, 1.165) is 71.9 Å². The fourth-order valence-corrected chi connectivity index (χ4v) is 5.06. The minimum Gasteiger partial charge on any atom is -0.507 e.